The number of hydrogen-bond acceptors (Lipinski definition) is 1. The van der Waals surface area contributed by atoms with E-state index in [1.165, 1.54) is 19.3 Å². The lowest BCUT2D eigenvalue weighted by Gasteiger charge is -2.07. The van der Waals surface area contributed by atoms with E-state index in [-0.39, 0.29) is 5.91 Å². The van der Waals surface area contributed by atoms with Crippen LogP contribution in [0, 0.1) is 11.8 Å². The number of amides is 1. The monoisotopic (exact) mass is 139 g/mol. The molecule has 0 aromatic heterocycles. The van der Waals surface area contributed by atoms with E-state index in [2.05, 4.69) is 5.32 Å². The summed E-state index contributed by atoms with van der Waals surface area (Å²) in [5.74, 6) is 1.79. The predicted octanol–water partition coefficient (Wildman–Crippen LogP) is 0.923. The third kappa shape index (κ3) is 1.02. The molecular weight excluding hydrogens is 126 g/mol. The van der Waals surface area contributed by atoms with Crippen LogP contribution in [0.15, 0.2) is 0 Å². The average molecular weight is 139 g/mol. The minimum atomic E-state index is 0.271. The highest BCUT2D eigenvalue weighted by Gasteiger charge is 2.29. The number of nitrogens with one attached hydrogen (secondary N) is 1. The molecule has 2 atom stereocenters. The Morgan fingerprint density at radius 3 is 3.00 bits per heavy atom. The van der Waals surface area contributed by atoms with Crippen LogP contribution in [-0.4, -0.2) is 12.5 Å². The molecule has 1 N–H and O–H groups in total. The van der Waals surface area contributed by atoms with Crippen LogP contribution in [0.5, 0.6) is 0 Å². The first-order valence-corrected chi connectivity index (χ1v) is 4.11. The molecule has 10 heavy (non-hydrogen) atoms. The SMILES string of the molecule is O=C1C[C@H]2CC[C@@H](CN1)C2. The van der Waals surface area contributed by atoms with Crippen LogP contribution >= 0.6 is 0 Å². The molecule has 0 spiro atoms. The maximum Gasteiger partial charge on any atom is 0.220 e. The third-order valence-corrected chi connectivity index (χ3v) is 2.71. The number of carbonyl (C=O) groups excluding carboxylic acids is 1. The van der Waals surface area contributed by atoms with Gasteiger partial charge in [-0.15, -0.1) is 0 Å². The Labute approximate surface area is 61.0 Å². The molecule has 1 aliphatic carbocycles. The highest BCUT2D eigenvalue weighted by atomic mass is 16.1. The second kappa shape index (κ2) is 2.26. The summed E-state index contributed by atoms with van der Waals surface area (Å²) >= 11 is 0. The Hall–Kier alpha value is -0.530. The van der Waals surface area contributed by atoms with E-state index in [1.807, 2.05) is 0 Å². The van der Waals surface area contributed by atoms with Crippen LogP contribution in [0.4, 0.5) is 0 Å². The van der Waals surface area contributed by atoms with Gasteiger partial charge in [-0.1, -0.05) is 0 Å². The van der Waals surface area contributed by atoms with Gasteiger partial charge in [-0.05, 0) is 31.1 Å². The quantitative estimate of drug-likeness (QED) is 0.531. The normalized spacial score (nSPS) is 39.0. The van der Waals surface area contributed by atoms with Crippen molar-refractivity contribution >= 4 is 5.91 Å². The van der Waals surface area contributed by atoms with Crippen molar-refractivity contribution in [1.29, 1.82) is 0 Å². The van der Waals surface area contributed by atoms with Crippen molar-refractivity contribution in [2.75, 3.05) is 6.54 Å². The fourth-order valence-electron chi connectivity index (χ4n) is 2.14. The third-order valence-electron chi connectivity index (χ3n) is 2.71. The van der Waals surface area contributed by atoms with Crippen LogP contribution in [0.25, 0.3) is 0 Å². The van der Waals surface area contributed by atoms with Gasteiger partial charge in [0.1, 0.15) is 0 Å². The van der Waals surface area contributed by atoms with Gasteiger partial charge in [0.05, 0.1) is 0 Å². The second-order valence-corrected chi connectivity index (χ2v) is 3.55. The Morgan fingerprint density at radius 2 is 2.10 bits per heavy atom. The van der Waals surface area contributed by atoms with Crippen LogP contribution in [-0.2, 0) is 4.79 Å². The molecule has 2 aliphatic rings. The second-order valence-electron chi connectivity index (χ2n) is 3.55. The van der Waals surface area contributed by atoms with Crippen molar-refractivity contribution in [3.63, 3.8) is 0 Å². The zero-order valence-corrected chi connectivity index (χ0v) is 6.10. The minimum Gasteiger partial charge on any atom is -0.356 e. The molecule has 1 aliphatic heterocycles. The number of fused-ring (bicyclic) bond motifs is 2. The zero-order chi connectivity index (χ0) is 6.97. The Morgan fingerprint density at radius 1 is 1.30 bits per heavy atom. The molecule has 2 nitrogen and oxygen atoms in total. The van der Waals surface area contributed by atoms with E-state index in [0.717, 1.165) is 18.9 Å². The Balaban J connectivity index is 2.05. The van der Waals surface area contributed by atoms with Crippen molar-refractivity contribution in [2.45, 2.75) is 25.7 Å². The van der Waals surface area contributed by atoms with E-state index < -0.39 is 0 Å². The maximum absolute atomic E-state index is 11.0. The Kier molecular flexibility index (Phi) is 1.40. The van der Waals surface area contributed by atoms with Crippen LogP contribution in [0.2, 0.25) is 0 Å². The Bertz CT molecular complexity index is 155. The number of hydrogen-bond donors (Lipinski definition) is 1. The van der Waals surface area contributed by atoms with Gasteiger partial charge in [-0.2, -0.15) is 0 Å². The summed E-state index contributed by atoms with van der Waals surface area (Å²) in [5.41, 5.74) is 0. The first-order valence-electron chi connectivity index (χ1n) is 4.11. The van der Waals surface area contributed by atoms with Gasteiger partial charge in [-0.25, -0.2) is 0 Å². The van der Waals surface area contributed by atoms with Crippen molar-refractivity contribution in [2.24, 2.45) is 11.8 Å². The number of rotatable bonds is 0. The first-order chi connectivity index (χ1) is 4.84. The fraction of sp³-hybridized carbons (Fsp3) is 0.875. The van der Waals surface area contributed by atoms with Gasteiger partial charge in [0, 0.05) is 13.0 Å². The standard InChI is InChI=1S/C8H13NO/c10-8-4-6-1-2-7(3-6)5-9-8/h6-7H,1-5H2,(H,9,10)/t6-,7+/m0/s1. The van der Waals surface area contributed by atoms with Gasteiger partial charge in [0.25, 0.3) is 0 Å². The van der Waals surface area contributed by atoms with Crippen LogP contribution in [0.3, 0.4) is 0 Å². The summed E-state index contributed by atoms with van der Waals surface area (Å²) in [6.45, 7) is 0.940. The maximum atomic E-state index is 11.0. The molecule has 2 rings (SSSR count). The summed E-state index contributed by atoms with van der Waals surface area (Å²) in [5, 5.41) is 2.94. The largest absolute Gasteiger partial charge is 0.356 e. The van der Waals surface area contributed by atoms with Gasteiger partial charge in [-0.3, -0.25) is 4.79 Å². The molecule has 1 heterocycles. The summed E-state index contributed by atoms with van der Waals surface area (Å²) in [4.78, 5) is 11.0. The molecule has 0 aromatic carbocycles. The molecule has 0 aromatic rings. The van der Waals surface area contributed by atoms with Gasteiger partial charge < -0.3 is 5.32 Å². The van der Waals surface area contributed by atoms with Crippen molar-refractivity contribution in [3.05, 3.63) is 0 Å². The number of carbonyl (C=O) groups is 1. The molecule has 2 fully saturated rings. The predicted molar refractivity (Wildman–Crippen MR) is 38.5 cm³/mol. The van der Waals surface area contributed by atoms with Crippen LogP contribution < -0.4 is 5.32 Å². The van der Waals surface area contributed by atoms with Gasteiger partial charge in [0.2, 0.25) is 5.91 Å². The lowest BCUT2D eigenvalue weighted by Crippen LogP contribution is -2.26. The van der Waals surface area contributed by atoms with E-state index >= 15 is 0 Å². The molecule has 2 bridgehead atoms. The van der Waals surface area contributed by atoms with Gasteiger partial charge >= 0.3 is 0 Å². The average Bonchev–Trinajstić information content (AvgIpc) is 2.22. The molecule has 1 saturated heterocycles. The highest BCUT2D eigenvalue weighted by molar-refractivity contribution is 5.76. The van der Waals surface area contributed by atoms with E-state index in [4.69, 9.17) is 0 Å². The molecular formula is C8H13NO. The minimum absolute atomic E-state index is 0.271. The molecule has 1 amide bonds. The topological polar surface area (TPSA) is 29.1 Å². The lowest BCUT2D eigenvalue weighted by molar-refractivity contribution is -0.121. The van der Waals surface area contributed by atoms with E-state index in [0.29, 0.717) is 5.92 Å². The molecule has 0 radical (unpaired) electrons. The molecule has 2 heteroatoms. The summed E-state index contributed by atoms with van der Waals surface area (Å²) < 4.78 is 0. The fourth-order valence-corrected chi connectivity index (χ4v) is 2.14. The van der Waals surface area contributed by atoms with Gasteiger partial charge in [0.15, 0.2) is 0 Å². The van der Waals surface area contributed by atoms with Crippen molar-refractivity contribution < 1.29 is 4.79 Å². The lowest BCUT2D eigenvalue weighted by atomic mass is 10.0. The van der Waals surface area contributed by atoms with E-state index in [1.54, 1.807) is 0 Å². The molecule has 0 unspecified atom stereocenters. The molecule has 56 valence electrons. The van der Waals surface area contributed by atoms with Crippen LogP contribution in [0.1, 0.15) is 25.7 Å². The van der Waals surface area contributed by atoms with E-state index in [9.17, 15) is 4.79 Å². The summed E-state index contributed by atoms with van der Waals surface area (Å²) in [7, 11) is 0. The summed E-state index contributed by atoms with van der Waals surface area (Å²) in [6, 6.07) is 0. The van der Waals surface area contributed by atoms with Crippen molar-refractivity contribution in [1.82, 2.24) is 5.32 Å². The first kappa shape index (κ1) is 6.20. The highest BCUT2D eigenvalue weighted by Crippen LogP contribution is 2.34. The zero-order valence-electron chi connectivity index (χ0n) is 6.10. The van der Waals surface area contributed by atoms with Crippen molar-refractivity contribution in [3.8, 4) is 0 Å². The summed E-state index contributed by atoms with van der Waals surface area (Å²) in [6.07, 6.45) is 4.71. The molecule has 1 saturated carbocycles. The smallest absolute Gasteiger partial charge is 0.220 e.